The minimum atomic E-state index is -5.01. The summed E-state index contributed by atoms with van der Waals surface area (Å²) in [5.41, 5.74) is -1.69. The van der Waals surface area contributed by atoms with E-state index in [4.69, 9.17) is 0 Å². The zero-order valence-corrected chi connectivity index (χ0v) is 11.5. The first kappa shape index (κ1) is 18.8. The molecule has 0 saturated heterocycles. The summed E-state index contributed by atoms with van der Waals surface area (Å²) in [4.78, 5) is 22.2. The molecule has 0 spiro atoms. The summed E-state index contributed by atoms with van der Waals surface area (Å²) < 4.78 is 73.8. The number of rotatable bonds is 5. The third-order valence-corrected chi connectivity index (χ3v) is 2.66. The highest BCUT2D eigenvalue weighted by Crippen LogP contribution is 2.31. The molecule has 1 aromatic rings. The maximum absolute atomic E-state index is 12.7. The lowest BCUT2D eigenvalue weighted by atomic mass is 10.1. The standard InChI is InChI=1S/C13H12F6N2O2/c14-12(15,16)9-5-2-1-4-8(9)10(22)20-6-3-7-21-11(23)13(17,18)19/h1-2,4-5H,3,6-7H2,(H,20,22)(H,21,23). The van der Waals surface area contributed by atoms with Crippen LogP contribution in [0.3, 0.4) is 0 Å². The molecule has 2 amide bonds. The fourth-order valence-corrected chi connectivity index (χ4v) is 1.62. The number of alkyl halides is 6. The van der Waals surface area contributed by atoms with Gasteiger partial charge >= 0.3 is 18.3 Å². The molecule has 0 heterocycles. The van der Waals surface area contributed by atoms with Crippen molar-refractivity contribution in [3.05, 3.63) is 35.4 Å². The summed E-state index contributed by atoms with van der Waals surface area (Å²) >= 11 is 0. The number of carbonyl (C=O) groups is 2. The van der Waals surface area contributed by atoms with Gasteiger partial charge in [0, 0.05) is 13.1 Å². The zero-order valence-electron chi connectivity index (χ0n) is 11.5. The van der Waals surface area contributed by atoms with E-state index in [-0.39, 0.29) is 19.5 Å². The number of hydrogen-bond donors (Lipinski definition) is 2. The lowest BCUT2D eigenvalue weighted by Crippen LogP contribution is -2.38. The first-order valence-electron chi connectivity index (χ1n) is 6.33. The average Bonchev–Trinajstić information content (AvgIpc) is 2.44. The second kappa shape index (κ2) is 7.34. The van der Waals surface area contributed by atoms with Crippen molar-refractivity contribution in [2.24, 2.45) is 0 Å². The summed E-state index contributed by atoms with van der Waals surface area (Å²) in [5, 5.41) is 3.73. The Balaban J connectivity index is 2.49. The second-order valence-electron chi connectivity index (χ2n) is 4.41. The van der Waals surface area contributed by atoms with Crippen molar-refractivity contribution in [1.82, 2.24) is 10.6 Å². The molecule has 0 atom stereocenters. The van der Waals surface area contributed by atoms with Crippen molar-refractivity contribution < 1.29 is 35.9 Å². The maximum Gasteiger partial charge on any atom is 0.471 e. The number of halogens is 6. The van der Waals surface area contributed by atoms with Crippen molar-refractivity contribution in [1.29, 1.82) is 0 Å². The molecule has 0 aliphatic rings. The van der Waals surface area contributed by atoms with Crippen LogP contribution in [-0.4, -0.2) is 31.1 Å². The highest BCUT2D eigenvalue weighted by molar-refractivity contribution is 5.95. The van der Waals surface area contributed by atoms with Gasteiger partial charge in [0.1, 0.15) is 0 Å². The van der Waals surface area contributed by atoms with E-state index >= 15 is 0 Å². The van der Waals surface area contributed by atoms with Gasteiger partial charge in [0.05, 0.1) is 11.1 Å². The predicted molar refractivity (Wildman–Crippen MR) is 67.5 cm³/mol. The SMILES string of the molecule is O=C(NCCCNC(=O)C(F)(F)F)c1ccccc1C(F)(F)F. The van der Waals surface area contributed by atoms with Crippen LogP contribution in [0.4, 0.5) is 26.3 Å². The van der Waals surface area contributed by atoms with E-state index in [1.807, 2.05) is 0 Å². The van der Waals surface area contributed by atoms with E-state index in [0.29, 0.717) is 0 Å². The number of hydrogen-bond acceptors (Lipinski definition) is 2. The van der Waals surface area contributed by atoms with Crippen LogP contribution in [0.15, 0.2) is 24.3 Å². The van der Waals surface area contributed by atoms with E-state index in [1.54, 1.807) is 5.32 Å². The summed E-state index contributed by atoms with van der Waals surface area (Å²) in [6.07, 6.45) is -9.77. The Morgan fingerprint density at radius 1 is 0.913 bits per heavy atom. The van der Waals surface area contributed by atoms with E-state index in [2.05, 4.69) is 5.32 Å². The Hall–Kier alpha value is -2.26. The Labute approximate surface area is 126 Å². The molecule has 23 heavy (non-hydrogen) atoms. The van der Waals surface area contributed by atoms with Gasteiger partial charge in [-0.25, -0.2) is 0 Å². The molecular formula is C13H12F6N2O2. The normalized spacial score (nSPS) is 11.9. The minimum Gasteiger partial charge on any atom is -0.352 e. The van der Waals surface area contributed by atoms with Gasteiger partial charge in [-0.1, -0.05) is 12.1 Å². The lowest BCUT2D eigenvalue weighted by Gasteiger charge is -2.13. The van der Waals surface area contributed by atoms with Crippen molar-refractivity contribution >= 4 is 11.8 Å². The van der Waals surface area contributed by atoms with Crippen LogP contribution < -0.4 is 10.6 Å². The molecule has 1 aromatic carbocycles. The van der Waals surface area contributed by atoms with Crippen LogP contribution in [0.1, 0.15) is 22.3 Å². The highest BCUT2D eigenvalue weighted by Gasteiger charge is 2.38. The quantitative estimate of drug-likeness (QED) is 0.638. The van der Waals surface area contributed by atoms with Gasteiger partial charge in [-0.15, -0.1) is 0 Å². The molecule has 0 aliphatic heterocycles. The van der Waals surface area contributed by atoms with Crippen molar-refractivity contribution in [2.45, 2.75) is 18.8 Å². The minimum absolute atomic E-state index is 0.0677. The largest absolute Gasteiger partial charge is 0.471 e. The second-order valence-corrected chi connectivity index (χ2v) is 4.41. The van der Waals surface area contributed by atoms with Gasteiger partial charge < -0.3 is 10.6 Å². The maximum atomic E-state index is 12.7. The molecule has 0 radical (unpaired) electrons. The Morgan fingerprint density at radius 3 is 2.04 bits per heavy atom. The fraction of sp³-hybridized carbons (Fsp3) is 0.385. The molecule has 0 unspecified atom stereocenters. The van der Waals surface area contributed by atoms with Crippen LogP contribution in [0.2, 0.25) is 0 Å². The molecule has 128 valence electrons. The van der Waals surface area contributed by atoms with E-state index in [0.717, 1.165) is 18.2 Å². The molecule has 2 N–H and O–H groups in total. The van der Waals surface area contributed by atoms with Gasteiger partial charge in [0.25, 0.3) is 5.91 Å². The molecule has 0 saturated carbocycles. The Kier molecular flexibility index (Phi) is 5.99. The monoisotopic (exact) mass is 342 g/mol. The van der Waals surface area contributed by atoms with Crippen molar-refractivity contribution in [3.8, 4) is 0 Å². The summed E-state index contributed by atoms with van der Waals surface area (Å²) in [5.74, 6) is -3.12. The van der Waals surface area contributed by atoms with Crippen molar-refractivity contribution in [2.75, 3.05) is 13.1 Å². The van der Waals surface area contributed by atoms with E-state index < -0.39 is 35.3 Å². The molecule has 0 fully saturated rings. The first-order chi connectivity index (χ1) is 10.5. The van der Waals surface area contributed by atoms with Crippen LogP contribution in [-0.2, 0) is 11.0 Å². The first-order valence-corrected chi connectivity index (χ1v) is 6.33. The number of amides is 2. The summed E-state index contributed by atoms with van der Waals surface area (Å²) in [7, 11) is 0. The van der Waals surface area contributed by atoms with E-state index in [9.17, 15) is 35.9 Å². The third kappa shape index (κ3) is 5.80. The van der Waals surface area contributed by atoms with Crippen LogP contribution in [0, 0.1) is 0 Å². The average molecular weight is 342 g/mol. The van der Waals surface area contributed by atoms with Crippen LogP contribution in [0.5, 0.6) is 0 Å². The van der Waals surface area contributed by atoms with E-state index in [1.165, 1.54) is 6.07 Å². The predicted octanol–water partition coefficient (Wildman–Crippen LogP) is 2.50. The smallest absolute Gasteiger partial charge is 0.352 e. The molecule has 1 rings (SSSR count). The van der Waals surface area contributed by atoms with Gasteiger partial charge in [-0.2, -0.15) is 26.3 Å². The molecule has 0 aliphatic carbocycles. The number of carbonyl (C=O) groups excluding carboxylic acids is 2. The topological polar surface area (TPSA) is 58.2 Å². The summed E-state index contributed by atoms with van der Waals surface area (Å²) in [6.45, 7) is -0.567. The Morgan fingerprint density at radius 2 is 1.48 bits per heavy atom. The summed E-state index contributed by atoms with van der Waals surface area (Å²) in [6, 6.07) is 4.13. The molecule has 0 bridgehead atoms. The molecule has 10 heteroatoms. The van der Waals surface area contributed by atoms with Crippen LogP contribution in [0.25, 0.3) is 0 Å². The fourth-order valence-electron chi connectivity index (χ4n) is 1.62. The third-order valence-electron chi connectivity index (χ3n) is 2.66. The van der Waals surface area contributed by atoms with Crippen LogP contribution >= 0.6 is 0 Å². The van der Waals surface area contributed by atoms with Crippen molar-refractivity contribution in [3.63, 3.8) is 0 Å². The Bertz CT molecular complexity index is 568. The number of nitrogens with one attached hydrogen (secondary N) is 2. The molecule has 0 aromatic heterocycles. The van der Waals surface area contributed by atoms with Gasteiger partial charge in [0.2, 0.25) is 0 Å². The van der Waals surface area contributed by atoms with Gasteiger partial charge in [0.15, 0.2) is 0 Å². The lowest BCUT2D eigenvalue weighted by molar-refractivity contribution is -0.173. The van der Waals surface area contributed by atoms with Gasteiger partial charge in [-0.3, -0.25) is 9.59 Å². The highest BCUT2D eigenvalue weighted by atomic mass is 19.4. The molecule has 4 nitrogen and oxygen atoms in total. The number of benzene rings is 1. The molecular weight excluding hydrogens is 330 g/mol. The van der Waals surface area contributed by atoms with Gasteiger partial charge in [-0.05, 0) is 18.6 Å². The zero-order chi connectivity index (χ0) is 17.7.